The van der Waals surface area contributed by atoms with Crippen molar-refractivity contribution in [2.24, 2.45) is 0 Å². The first-order valence-corrected chi connectivity index (χ1v) is 6.54. The molecule has 0 spiro atoms. The molecule has 2 rings (SSSR count). The Morgan fingerprint density at radius 2 is 1.21 bits per heavy atom. The van der Waals surface area contributed by atoms with Crippen LogP contribution in [0.2, 0.25) is 0 Å². The minimum atomic E-state index is -2.95. The van der Waals surface area contributed by atoms with Crippen LogP contribution in [0.1, 0.15) is 39.9 Å². The van der Waals surface area contributed by atoms with E-state index in [1.165, 1.54) is 24.3 Å². The monoisotopic (exact) mass is 346 g/mol. The third-order valence-corrected chi connectivity index (χ3v) is 2.96. The highest BCUT2D eigenvalue weighted by Crippen LogP contribution is 2.26. The fourth-order valence-corrected chi connectivity index (χ4v) is 1.85. The number of benzene rings is 2. The number of hydrogen-bond donors (Lipinski definition) is 0. The first-order valence-electron chi connectivity index (χ1n) is 6.54. The zero-order valence-corrected chi connectivity index (χ0v) is 12.2. The molecule has 2 aromatic rings. The van der Waals surface area contributed by atoms with Gasteiger partial charge < -0.3 is 0 Å². The normalized spacial score (nSPS) is 10.3. The maximum Gasteiger partial charge on any atom is 0.267 e. The summed E-state index contributed by atoms with van der Waals surface area (Å²) < 4.78 is 73.9. The van der Waals surface area contributed by atoms with Crippen molar-refractivity contribution in [3.8, 4) is 0 Å². The molecule has 0 atom stereocenters. The second-order valence-electron chi connectivity index (χ2n) is 4.41. The van der Waals surface area contributed by atoms with Crippen molar-refractivity contribution in [1.29, 1.82) is 0 Å². The van der Waals surface area contributed by atoms with E-state index in [2.05, 4.69) is 6.58 Å². The molecule has 0 aliphatic rings. The highest BCUT2D eigenvalue weighted by Gasteiger charge is 2.17. The molecule has 0 saturated carbocycles. The van der Waals surface area contributed by atoms with Crippen LogP contribution in [0, 0.1) is 11.6 Å². The number of aldehydes is 1. The van der Waals surface area contributed by atoms with Crippen LogP contribution in [0.25, 0.3) is 6.08 Å². The molecule has 0 aliphatic heterocycles. The molecule has 0 heterocycles. The predicted molar refractivity (Wildman–Crippen MR) is 78.2 cm³/mol. The van der Waals surface area contributed by atoms with Gasteiger partial charge in [-0.1, -0.05) is 36.9 Å². The molecule has 2 aromatic carbocycles. The topological polar surface area (TPSA) is 17.1 Å². The molecular weight excluding hydrogens is 334 g/mol. The Balaban J connectivity index is 0.000000240. The summed E-state index contributed by atoms with van der Waals surface area (Å²) in [5.41, 5.74) is -1.56. The van der Waals surface area contributed by atoms with Crippen LogP contribution in [0.15, 0.2) is 43.0 Å². The molecular formula is C17H12F6O. The summed E-state index contributed by atoms with van der Waals surface area (Å²) >= 11 is 0. The van der Waals surface area contributed by atoms with Gasteiger partial charge in [0, 0.05) is 5.56 Å². The fraction of sp³-hybridized carbons (Fsp3) is 0.118. The quantitative estimate of drug-likeness (QED) is 0.491. The molecule has 0 unspecified atom stereocenters. The Morgan fingerprint density at radius 1 is 0.792 bits per heavy atom. The highest BCUT2D eigenvalue weighted by molar-refractivity contribution is 5.77. The molecule has 0 aromatic heterocycles. The lowest BCUT2D eigenvalue weighted by atomic mass is 10.1. The summed E-state index contributed by atoms with van der Waals surface area (Å²) in [5.74, 6) is -1.93. The fourth-order valence-electron chi connectivity index (χ4n) is 1.85. The number of hydrogen-bond acceptors (Lipinski definition) is 1. The van der Waals surface area contributed by atoms with E-state index in [4.69, 9.17) is 0 Å². The molecule has 0 amide bonds. The summed E-state index contributed by atoms with van der Waals surface area (Å²) in [6.07, 6.45) is -4.32. The second kappa shape index (κ2) is 8.90. The minimum absolute atomic E-state index is 0.144. The largest absolute Gasteiger partial charge is 0.298 e. The standard InChI is InChI=1S/C9H7F3.C8H5F3O/c1-2-6-4-3-5-7(10)8(6)9(11)12;9-6-3-1-2-5(4-12)7(6)8(10)11/h2-5,9H,1H2;1-4,8H. The Hall–Kier alpha value is -2.57. The van der Waals surface area contributed by atoms with Crippen LogP contribution in [-0.4, -0.2) is 6.29 Å². The van der Waals surface area contributed by atoms with Crippen molar-refractivity contribution in [3.05, 3.63) is 76.9 Å². The summed E-state index contributed by atoms with van der Waals surface area (Å²) in [4.78, 5) is 10.2. The Bertz CT molecular complexity index is 651. The zero-order valence-electron chi connectivity index (χ0n) is 12.2. The smallest absolute Gasteiger partial charge is 0.267 e. The van der Waals surface area contributed by atoms with Crippen molar-refractivity contribution in [1.82, 2.24) is 0 Å². The van der Waals surface area contributed by atoms with E-state index < -0.39 is 35.6 Å². The third-order valence-electron chi connectivity index (χ3n) is 2.96. The van der Waals surface area contributed by atoms with Gasteiger partial charge >= 0.3 is 0 Å². The van der Waals surface area contributed by atoms with Gasteiger partial charge in [-0.3, -0.25) is 4.79 Å². The number of carbonyl (C=O) groups excluding carboxylic acids is 1. The molecule has 0 fully saturated rings. The first-order chi connectivity index (χ1) is 11.3. The molecule has 0 aliphatic carbocycles. The van der Waals surface area contributed by atoms with Crippen molar-refractivity contribution >= 4 is 12.4 Å². The number of halogens is 6. The molecule has 1 nitrogen and oxygen atoms in total. The van der Waals surface area contributed by atoms with E-state index in [0.717, 1.165) is 18.2 Å². The van der Waals surface area contributed by atoms with E-state index in [1.54, 1.807) is 0 Å². The van der Waals surface area contributed by atoms with E-state index in [1.807, 2.05) is 0 Å². The van der Waals surface area contributed by atoms with Gasteiger partial charge in [-0.2, -0.15) is 0 Å². The van der Waals surface area contributed by atoms with Gasteiger partial charge in [0.25, 0.3) is 12.9 Å². The van der Waals surface area contributed by atoms with Gasteiger partial charge in [0.15, 0.2) is 6.29 Å². The third kappa shape index (κ3) is 4.71. The maximum absolute atomic E-state index is 12.8. The average Bonchev–Trinajstić information content (AvgIpc) is 2.54. The van der Waals surface area contributed by atoms with E-state index in [0.29, 0.717) is 0 Å². The van der Waals surface area contributed by atoms with Crippen molar-refractivity contribution in [2.45, 2.75) is 12.9 Å². The van der Waals surface area contributed by atoms with Crippen LogP contribution in [0.4, 0.5) is 26.3 Å². The van der Waals surface area contributed by atoms with Gasteiger partial charge in [0.1, 0.15) is 11.6 Å². The van der Waals surface area contributed by atoms with Gasteiger partial charge in [0.05, 0.1) is 11.1 Å². The van der Waals surface area contributed by atoms with Crippen LogP contribution in [0.5, 0.6) is 0 Å². The van der Waals surface area contributed by atoms with Gasteiger partial charge in [0.2, 0.25) is 0 Å². The predicted octanol–water partition coefficient (Wildman–Crippen LogP) is 5.98. The second-order valence-corrected chi connectivity index (χ2v) is 4.41. The molecule has 0 N–H and O–H groups in total. The SMILES string of the molecule is C=Cc1cccc(F)c1C(F)F.O=Cc1cccc(F)c1C(F)F. The van der Waals surface area contributed by atoms with Gasteiger partial charge in [-0.25, -0.2) is 26.3 Å². The van der Waals surface area contributed by atoms with Crippen molar-refractivity contribution in [3.63, 3.8) is 0 Å². The maximum atomic E-state index is 12.8. The van der Waals surface area contributed by atoms with E-state index >= 15 is 0 Å². The Morgan fingerprint density at radius 3 is 1.50 bits per heavy atom. The average molecular weight is 346 g/mol. The molecule has 128 valence electrons. The molecule has 0 radical (unpaired) electrons. The van der Waals surface area contributed by atoms with Crippen LogP contribution < -0.4 is 0 Å². The van der Waals surface area contributed by atoms with Crippen LogP contribution in [0.3, 0.4) is 0 Å². The first kappa shape index (κ1) is 19.5. The summed E-state index contributed by atoms with van der Waals surface area (Å²) in [6, 6.07) is 7.04. The molecule has 0 saturated heterocycles. The zero-order chi connectivity index (χ0) is 18.3. The highest BCUT2D eigenvalue weighted by atomic mass is 19.3. The lowest BCUT2D eigenvalue weighted by Gasteiger charge is -2.04. The van der Waals surface area contributed by atoms with Crippen molar-refractivity contribution < 1.29 is 31.1 Å². The van der Waals surface area contributed by atoms with E-state index in [-0.39, 0.29) is 17.4 Å². The van der Waals surface area contributed by atoms with Gasteiger partial charge in [-0.05, 0) is 17.7 Å². The van der Waals surface area contributed by atoms with Gasteiger partial charge in [-0.15, -0.1) is 0 Å². The molecule has 7 heteroatoms. The number of carbonyl (C=O) groups is 1. The Kier molecular flexibility index (Phi) is 7.23. The Labute approximate surface area is 134 Å². The molecule has 24 heavy (non-hydrogen) atoms. The van der Waals surface area contributed by atoms with Crippen molar-refractivity contribution in [2.75, 3.05) is 0 Å². The van der Waals surface area contributed by atoms with E-state index in [9.17, 15) is 31.1 Å². The molecule has 0 bridgehead atoms. The summed E-state index contributed by atoms with van der Waals surface area (Å²) in [6.45, 7) is 3.32. The van der Waals surface area contributed by atoms with Crippen LogP contribution in [-0.2, 0) is 0 Å². The lowest BCUT2D eigenvalue weighted by molar-refractivity contribution is 0.110. The number of rotatable bonds is 4. The number of alkyl halides is 4. The van der Waals surface area contributed by atoms with Crippen LogP contribution >= 0.6 is 0 Å². The summed E-state index contributed by atoms with van der Waals surface area (Å²) in [5, 5.41) is 0. The lowest BCUT2D eigenvalue weighted by Crippen LogP contribution is -1.96. The minimum Gasteiger partial charge on any atom is -0.298 e. The summed E-state index contributed by atoms with van der Waals surface area (Å²) in [7, 11) is 0.